The van der Waals surface area contributed by atoms with Gasteiger partial charge in [-0.15, -0.1) is 0 Å². The van der Waals surface area contributed by atoms with E-state index < -0.39 is 11.7 Å². The molecule has 0 atom stereocenters. The highest BCUT2D eigenvalue weighted by molar-refractivity contribution is 6.05. The van der Waals surface area contributed by atoms with E-state index in [0.29, 0.717) is 11.4 Å². The van der Waals surface area contributed by atoms with Crippen LogP contribution in [0.5, 0.6) is 0 Å². The number of nitrogens with one attached hydrogen (secondary N) is 2. The van der Waals surface area contributed by atoms with Gasteiger partial charge in [0.1, 0.15) is 5.82 Å². The maximum atomic E-state index is 14.1. The maximum Gasteiger partial charge on any atom is 0.258 e. The zero-order valence-electron chi connectivity index (χ0n) is 14.1. The number of carbonyl (C=O) groups excluding carboxylic acids is 2. The molecule has 130 valence electrons. The molecular weight excluding hydrogens is 331 g/mol. The number of benzene rings is 3. The van der Waals surface area contributed by atoms with Crippen molar-refractivity contribution in [2.24, 2.45) is 0 Å². The van der Waals surface area contributed by atoms with Crippen LogP contribution in [0.15, 0.2) is 72.8 Å². The van der Waals surface area contributed by atoms with Crippen molar-refractivity contribution in [3.8, 4) is 11.1 Å². The van der Waals surface area contributed by atoms with E-state index in [1.54, 1.807) is 30.3 Å². The fourth-order valence-electron chi connectivity index (χ4n) is 2.55. The molecule has 0 fully saturated rings. The average Bonchev–Trinajstić information content (AvgIpc) is 2.64. The summed E-state index contributed by atoms with van der Waals surface area (Å²) in [5.74, 6) is -1.30. The van der Waals surface area contributed by atoms with Gasteiger partial charge >= 0.3 is 0 Å². The number of rotatable bonds is 4. The number of carbonyl (C=O) groups is 2. The molecule has 3 aromatic carbocycles. The highest BCUT2D eigenvalue weighted by atomic mass is 19.1. The molecule has 0 saturated heterocycles. The van der Waals surface area contributed by atoms with E-state index in [1.165, 1.54) is 19.1 Å². The van der Waals surface area contributed by atoms with Crippen LogP contribution in [0.4, 0.5) is 15.8 Å². The van der Waals surface area contributed by atoms with Crippen LogP contribution in [0, 0.1) is 5.82 Å². The summed E-state index contributed by atoms with van der Waals surface area (Å²) in [6.07, 6.45) is 0. The van der Waals surface area contributed by atoms with Gasteiger partial charge in [-0.1, -0.05) is 36.4 Å². The SMILES string of the molecule is CC(=O)Nc1ccc(NC(=O)c2cc(-c3ccccc3)ccc2F)cc1. The van der Waals surface area contributed by atoms with Crippen molar-refractivity contribution in [3.05, 3.63) is 84.2 Å². The molecule has 0 aliphatic rings. The molecule has 0 radical (unpaired) electrons. The molecule has 5 heteroatoms. The minimum atomic E-state index is -0.586. The van der Waals surface area contributed by atoms with Gasteiger partial charge in [0.2, 0.25) is 5.91 Å². The summed E-state index contributed by atoms with van der Waals surface area (Å²) in [5, 5.41) is 5.31. The molecule has 0 heterocycles. The highest BCUT2D eigenvalue weighted by Gasteiger charge is 2.13. The normalized spacial score (nSPS) is 10.2. The van der Waals surface area contributed by atoms with Crippen LogP contribution in [-0.2, 0) is 4.79 Å². The quantitative estimate of drug-likeness (QED) is 0.718. The lowest BCUT2D eigenvalue weighted by atomic mass is 10.0. The van der Waals surface area contributed by atoms with Crippen LogP contribution in [0.1, 0.15) is 17.3 Å². The average molecular weight is 348 g/mol. The van der Waals surface area contributed by atoms with Crippen LogP contribution in [-0.4, -0.2) is 11.8 Å². The summed E-state index contributed by atoms with van der Waals surface area (Å²) >= 11 is 0. The largest absolute Gasteiger partial charge is 0.326 e. The van der Waals surface area contributed by atoms with Gasteiger partial charge in [-0.25, -0.2) is 4.39 Å². The first-order valence-electron chi connectivity index (χ1n) is 8.07. The molecule has 0 unspecified atom stereocenters. The Labute approximate surface area is 150 Å². The Morgan fingerprint density at radius 2 is 1.38 bits per heavy atom. The van der Waals surface area contributed by atoms with E-state index in [0.717, 1.165) is 11.1 Å². The van der Waals surface area contributed by atoms with E-state index in [1.807, 2.05) is 30.3 Å². The van der Waals surface area contributed by atoms with Crippen LogP contribution in [0.25, 0.3) is 11.1 Å². The fraction of sp³-hybridized carbons (Fsp3) is 0.0476. The van der Waals surface area contributed by atoms with Crippen molar-refractivity contribution < 1.29 is 14.0 Å². The van der Waals surface area contributed by atoms with E-state index in [2.05, 4.69) is 10.6 Å². The van der Waals surface area contributed by atoms with E-state index >= 15 is 0 Å². The zero-order chi connectivity index (χ0) is 18.5. The molecule has 2 amide bonds. The van der Waals surface area contributed by atoms with Gasteiger partial charge in [-0.05, 0) is 47.5 Å². The van der Waals surface area contributed by atoms with Crippen molar-refractivity contribution in [2.45, 2.75) is 6.92 Å². The number of halogens is 1. The van der Waals surface area contributed by atoms with Gasteiger partial charge in [-0.2, -0.15) is 0 Å². The minimum Gasteiger partial charge on any atom is -0.326 e. The van der Waals surface area contributed by atoms with Crippen LogP contribution in [0.3, 0.4) is 0 Å². The van der Waals surface area contributed by atoms with Crippen LogP contribution < -0.4 is 10.6 Å². The summed E-state index contributed by atoms with van der Waals surface area (Å²) in [7, 11) is 0. The van der Waals surface area contributed by atoms with E-state index in [9.17, 15) is 14.0 Å². The monoisotopic (exact) mass is 348 g/mol. The molecule has 4 nitrogen and oxygen atoms in total. The summed E-state index contributed by atoms with van der Waals surface area (Å²) < 4.78 is 14.1. The number of anilines is 2. The molecule has 0 aromatic heterocycles. The van der Waals surface area contributed by atoms with Gasteiger partial charge in [-0.3, -0.25) is 9.59 Å². The third kappa shape index (κ3) is 4.13. The van der Waals surface area contributed by atoms with Crippen molar-refractivity contribution in [2.75, 3.05) is 10.6 Å². The Balaban J connectivity index is 1.80. The Hall–Kier alpha value is -3.47. The van der Waals surface area contributed by atoms with Crippen molar-refractivity contribution in [3.63, 3.8) is 0 Å². The van der Waals surface area contributed by atoms with Gasteiger partial charge in [0, 0.05) is 18.3 Å². The first-order chi connectivity index (χ1) is 12.5. The lowest BCUT2D eigenvalue weighted by Crippen LogP contribution is -2.14. The predicted octanol–water partition coefficient (Wildman–Crippen LogP) is 4.70. The smallest absolute Gasteiger partial charge is 0.258 e. The number of hydrogen-bond acceptors (Lipinski definition) is 2. The number of hydrogen-bond donors (Lipinski definition) is 2. The summed E-state index contributed by atoms with van der Waals surface area (Å²) in [4.78, 5) is 23.5. The van der Waals surface area contributed by atoms with Crippen LogP contribution in [0.2, 0.25) is 0 Å². The fourth-order valence-corrected chi connectivity index (χ4v) is 2.55. The molecule has 2 N–H and O–H groups in total. The lowest BCUT2D eigenvalue weighted by Gasteiger charge is -2.09. The van der Waals surface area contributed by atoms with Crippen molar-refractivity contribution >= 4 is 23.2 Å². The standard InChI is InChI=1S/C21H17FN2O2/c1-14(25)23-17-8-10-18(11-9-17)24-21(26)19-13-16(7-12-20(19)22)15-5-3-2-4-6-15/h2-13H,1H3,(H,23,25)(H,24,26). The second-order valence-electron chi connectivity index (χ2n) is 5.77. The Morgan fingerprint density at radius 3 is 2.00 bits per heavy atom. The first kappa shape index (κ1) is 17.4. The van der Waals surface area contributed by atoms with Crippen LogP contribution >= 0.6 is 0 Å². The maximum absolute atomic E-state index is 14.1. The van der Waals surface area contributed by atoms with Gasteiger partial charge in [0.05, 0.1) is 5.56 Å². The van der Waals surface area contributed by atoms with E-state index in [-0.39, 0.29) is 11.5 Å². The molecular formula is C21H17FN2O2. The second-order valence-corrected chi connectivity index (χ2v) is 5.77. The van der Waals surface area contributed by atoms with E-state index in [4.69, 9.17) is 0 Å². The third-order valence-electron chi connectivity index (χ3n) is 3.78. The predicted molar refractivity (Wildman–Crippen MR) is 101 cm³/mol. The minimum absolute atomic E-state index is 0.0303. The Bertz CT molecular complexity index is 938. The molecule has 0 bridgehead atoms. The van der Waals surface area contributed by atoms with Gasteiger partial charge in [0.15, 0.2) is 0 Å². The molecule has 0 aliphatic heterocycles. The summed E-state index contributed by atoms with van der Waals surface area (Å²) in [5.41, 5.74) is 2.76. The molecule has 0 aliphatic carbocycles. The Kier molecular flexibility index (Phi) is 5.08. The third-order valence-corrected chi connectivity index (χ3v) is 3.78. The molecule has 26 heavy (non-hydrogen) atoms. The summed E-state index contributed by atoms with van der Waals surface area (Å²) in [6.45, 7) is 1.41. The highest BCUT2D eigenvalue weighted by Crippen LogP contribution is 2.23. The Morgan fingerprint density at radius 1 is 0.769 bits per heavy atom. The van der Waals surface area contributed by atoms with Gasteiger partial charge < -0.3 is 10.6 Å². The molecule has 3 aromatic rings. The topological polar surface area (TPSA) is 58.2 Å². The zero-order valence-corrected chi connectivity index (χ0v) is 14.1. The van der Waals surface area contributed by atoms with Crippen molar-refractivity contribution in [1.29, 1.82) is 0 Å². The summed E-state index contributed by atoms with van der Waals surface area (Å²) in [6, 6.07) is 20.5. The second kappa shape index (κ2) is 7.61. The van der Waals surface area contributed by atoms with Gasteiger partial charge in [0.25, 0.3) is 5.91 Å². The first-order valence-corrected chi connectivity index (χ1v) is 8.07. The molecule has 0 spiro atoms. The molecule has 0 saturated carbocycles. The molecule has 3 rings (SSSR count). The lowest BCUT2D eigenvalue weighted by molar-refractivity contribution is -0.114. The van der Waals surface area contributed by atoms with Crippen molar-refractivity contribution in [1.82, 2.24) is 0 Å². The number of amides is 2.